The average molecular weight is 386 g/mol. The quantitative estimate of drug-likeness (QED) is 0.739. The number of halogens is 3. The van der Waals surface area contributed by atoms with Crippen LogP contribution in [0.1, 0.15) is 51.7 Å². The van der Waals surface area contributed by atoms with Crippen LogP contribution in [0.2, 0.25) is 0 Å². The molecular weight excluding hydrogens is 357 g/mol. The summed E-state index contributed by atoms with van der Waals surface area (Å²) in [7, 11) is 1.92. The summed E-state index contributed by atoms with van der Waals surface area (Å²) >= 11 is 0. The second-order valence-corrected chi connectivity index (χ2v) is 8.31. The van der Waals surface area contributed by atoms with Crippen LogP contribution in [0.5, 0.6) is 0 Å². The lowest BCUT2D eigenvalue weighted by Crippen LogP contribution is -2.51. The fourth-order valence-corrected chi connectivity index (χ4v) is 3.40. The van der Waals surface area contributed by atoms with Gasteiger partial charge in [0.25, 0.3) is 0 Å². The highest BCUT2D eigenvalue weighted by Crippen LogP contribution is 2.30. The number of hydrogen-bond acceptors (Lipinski definition) is 3. The van der Waals surface area contributed by atoms with Gasteiger partial charge in [-0.3, -0.25) is 4.90 Å². The minimum absolute atomic E-state index is 0.0163. The Hall–Kier alpha value is -1.76. The number of nitrogens with zero attached hydrogens (tertiary/aromatic N) is 2. The number of carbonyl (C=O) groups is 1. The molecule has 0 aromatic heterocycles. The number of benzene rings is 1. The minimum atomic E-state index is -4.33. The Balaban J connectivity index is 1.96. The zero-order valence-corrected chi connectivity index (χ0v) is 16.6. The Bertz CT molecular complexity index is 655. The van der Waals surface area contributed by atoms with Gasteiger partial charge in [-0.2, -0.15) is 13.2 Å². The Morgan fingerprint density at radius 3 is 2.52 bits per heavy atom. The third-order valence-corrected chi connectivity index (χ3v) is 4.79. The number of alkyl halides is 3. The van der Waals surface area contributed by atoms with Gasteiger partial charge in [-0.15, -0.1) is 0 Å². The first-order valence-corrected chi connectivity index (χ1v) is 9.23. The second-order valence-electron chi connectivity index (χ2n) is 8.31. The molecule has 2 atom stereocenters. The lowest BCUT2D eigenvalue weighted by Gasteiger charge is -2.41. The van der Waals surface area contributed by atoms with Crippen LogP contribution in [-0.4, -0.2) is 47.2 Å². The topological polar surface area (TPSA) is 32.8 Å². The van der Waals surface area contributed by atoms with E-state index in [1.165, 1.54) is 12.1 Å². The maximum Gasteiger partial charge on any atom is 0.416 e. The van der Waals surface area contributed by atoms with E-state index in [1.807, 2.05) is 34.7 Å². The maximum atomic E-state index is 12.9. The number of amides is 1. The normalized spacial score (nSPS) is 21.4. The summed E-state index contributed by atoms with van der Waals surface area (Å²) in [6.45, 7) is 8.51. The van der Waals surface area contributed by atoms with E-state index in [1.54, 1.807) is 11.0 Å². The highest BCUT2D eigenvalue weighted by molar-refractivity contribution is 5.68. The van der Waals surface area contributed by atoms with Crippen LogP contribution < -0.4 is 0 Å². The van der Waals surface area contributed by atoms with E-state index >= 15 is 0 Å². The molecule has 0 radical (unpaired) electrons. The van der Waals surface area contributed by atoms with Gasteiger partial charge in [0, 0.05) is 25.2 Å². The van der Waals surface area contributed by atoms with Crippen LogP contribution >= 0.6 is 0 Å². The van der Waals surface area contributed by atoms with Crippen molar-refractivity contribution in [2.75, 3.05) is 13.6 Å². The first kappa shape index (κ1) is 21.5. The molecule has 0 unspecified atom stereocenters. The molecule has 1 aromatic carbocycles. The van der Waals surface area contributed by atoms with Crippen LogP contribution in [0, 0.1) is 0 Å². The molecule has 1 aliphatic rings. The molecule has 7 heteroatoms. The van der Waals surface area contributed by atoms with Gasteiger partial charge >= 0.3 is 12.3 Å². The maximum absolute atomic E-state index is 12.9. The summed E-state index contributed by atoms with van der Waals surface area (Å²) in [6.07, 6.45) is -3.12. The SMILES string of the molecule is C[C@H]1C[C@@H](N(C)Cc2cccc(C(F)(F)F)c2)CCN1C(=O)OC(C)(C)C. The molecular formula is C20H29F3N2O2. The molecule has 1 heterocycles. The van der Waals surface area contributed by atoms with Crippen molar-refractivity contribution in [3.8, 4) is 0 Å². The van der Waals surface area contributed by atoms with Crippen LogP contribution in [0.15, 0.2) is 24.3 Å². The van der Waals surface area contributed by atoms with Crippen molar-refractivity contribution in [3.05, 3.63) is 35.4 Å². The molecule has 2 rings (SSSR count). The molecule has 0 aliphatic carbocycles. The number of carbonyl (C=O) groups excluding carboxylic acids is 1. The number of rotatable bonds is 3. The Morgan fingerprint density at radius 1 is 1.30 bits per heavy atom. The molecule has 1 amide bonds. The first-order chi connectivity index (χ1) is 12.4. The van der Waals surface area contributed by atoms with Crippen LogP contribution in [0.3, 0.4) is 0 Å². The summed E-state index contributed by atoms with van der Waals surface area (Å²) in [5, 5.41) is 0. The third kappa shape index (κ3) is 6.13. The second kappa shape index (κ2) is 8.09. The molecule has 0 saturated carbocycles. The smallest absolute Gasteiger partial charge is 0.416 e. The van der Waals surface area contributed by atoms with Crippen LogP contribution in [-0.2, 0) is 17.5 Å². The van der Waals surface area contributed by atoms with Gasteiger partial charge in [-0.05, 0) is 59.2 Å². The largest absolute Gasteiger partial charge is 0.444 e. The third-order valence-electron chi connectivity index (χ3n) is 4.79. The van der Waals surface area contributed by atoms with Gasteiger partial charge in [0.05, 0.1) is 5.56 Å². The van der Waals surface area contributed by atoms with Gasteiger partial charge in [0.1, 0.15) is 5.60 Å². The van der Waals surface area contributed by atoms with Crippen molar-refractivity contribution < 1.29 is 22.7 Å². The summed E-state index contributed by atoms with van der Waals surface area (Å²) < 4.78 is 44.1. The van der Waals surface area contributed by atoms with E-state index < -0.39 is 17.3 Å². The van der Waals surface area contributed by atoms with Gasteiger partial charge in [0.15, 0.2) is 0 Å². The van der Waals surface area contributed by atoms with Gasteiger partial charge in [-0.1, -0.05) is 18.2 Å². The lowest BCUT2D eigenvalue weighted by atomic mass is 9.97. The van der Waals surface area contributed by atoms with Crippen molar-refractivity contribution in [1.82, 2.24) is 9.80 Å². The fraction of sp³-hybridized carbons (Fsp3) is 0.650. The van der Waals surface area contributed by atoms with E-state index in [0.717, 1.165) is 18.9 Å². The van der Waals surface area contributed by atoms with Crippen molar-refractivity contribution in [3.63, 3.8) is 0 Å². The van der Waals surface area contributed by atoms with E-state index in [9.17, 15) is 18.0 Å². The highest BCUT2D eigenvalue weighted by Gasteiger charge is 2.34. The standard InChI is InChI=1S/C20H29F3N2O2/c1-14-11-17(9-10-25(14)18(26)27-19(2,3)4)24(5)13-15-7-6-8-16(12-15)20(21,22)23/h6-8,12,14,17H,9-11,13H2,1-5H3/t14-,17-/m0/s1. The van der Waals surface area contributed by atoms with E-state index in [0.29, 0.717) is 18.7 Å². The zero-order chi connectivity index (χ0) is 20.4. The summed E-state index contributed by atoms with van der Waals surface area (Å²) in [5.41, 5.74) is -0.524. The van der Waals surface area contributed by atoms with E-state index in [-0.39, 0.29) is 18.2 Å². The number of likely N-dealkylation sites (tertiary alicyclic amines) is 1. The molecule has 4 nitrogen and oxygen atoms in total. The van der Waals surface area contributed by atoms with Crippen molar-refractivity contribution in [2.45, 2.75) is 70.9 Å². The Kier molecular flexibility index (Phi) is 6.45. The fourth-order valence-electron chi connectivity index (χ4n) is 3.40. The molecule has 0 bridgehead atoms. The Morgan fingerprint density at radius 2 is 1.96 bits per heavy atom. The molecule has 1 aromatic rings. The van der Waals surface area contributed by atoms with Gasteiger partial charge in [0.2, 0.25) is 0 Å². The highest BCUT2D eigenvalue weighted by atomic mass is 19.4. The first-order valence-electron chi connectivity index (χ1n) is 9.23. The van der Waals surface area contributed by atoms with Crippen LogP contribution in [0.25, 0.3) is 0 Å². The number of piperidine rings is 1. The lowest BCUT2D eigenvalue weighted by molar-refractivity contribution is -0.137. The molecule has 1 saturated heterocycles. The van der Waals surface area contributed by atoms with E-state index in [4.69, 9.17) is 4.74 Å². The average Bonchev–Trinajstić information content (AvgIpc) is 2.52. The zero-order valence-electron chi connectivity index (χ0n) is 16.6. The number of ether oxygens (including phenoxy) is 1. The van der Waals surface area contributed by atoms with Crippen molar-refractivity contribution in [1.29, 1.82) is 0 Å². The Labute approximate surface area is 159 Å². The van der Waals surface area contributed by atoms with Crippen LogP contribution in [0.4, 0.5) is 18.0 Å². The summed E-state index contributed by atoms with van der Waals surface area (Å²) in [5.74, 6) is 0. The molecule has 152 valence electrons. The van der Waals surface area contributed by atoms with Gasteiger partial charge < -0.3 is 9.64 Å². The number of hydrogen-bond donors (Lipinski definition) is 0. The minimum Gasteiger partial charge on any atom is -0.444 e. The summed E-state index contributed by atoms with van der Waals surface area (Å²) in [4.78, 5) is 16.1. The predicted octanol–water partition coefficient (Wildman–Crippen LogP) is 4.93. The van der Waals surface area contributed by atoms with E-state index in [2.05, 4.69) is 4.90 Å². The molecule has 1 aliphatic heterocycles. The molecule has 27 heavy (non-hydrogen) atoms. The van der Waals surface area contributed by atoms with Crippen molar-refractivity contribution in [2.24, 2.45) is 0 Å². The molecule has 0 spiro atoms. The van der Waals surface area contributed by atoms with Crippen molar-refractivity contribution >= 4 is 6.09 Å². The predicted molar refractivity (Wildman–Crippen MR) is 98.3 cm³/mol. The monoisotopic (exact) mass is 386 g/mol. The molecule has 0 N–H and O–H groups in total. The summed E-state index contributed by atoms with van der Waals surface area (Å²) in [6, 6.07) is 5.67. The van der Waals surface area contributed by atoms with Gasteiger partial charge in [-0.25, -0.2) is 4.79 Å². The molecule has 1 fully saturated rings.